The van der Waals surface area contributed by atoms with E-state index in [4.69, 9.17) is 0 Å². The maximum absolute atomic E-state index is 14.8. The molecule has 11 heteroatoms. The highest BCUT2D eigenvalue weighted by Crippen LogP contribution is 2.23. The number of carbonyl (C=O) groups excluding carboxylic acids is 1. The number of rotatable bonds is 5. The van der Waals surface area contributed by atoms with Crippen molar-refractivity contribution >= 4 is 33.9 Å². The minimum Gasteiger partial charge on any atom is -0.291 e. The number of halogens is 1. The molecule has 4 heterocycles. The van der Waals surface area contributed by atoms with Crippen LogP contribution in [-0.2, 0) is 6.54 Å². The molecule has 170 valence electrons. The molecule has 10 nitrogen and oxygen atoms in total. The summed E-state index contributed by atoms with van der Waals surface area (Å²) < 4.78 is 16.5. The van der Waals surface area contributed by atoms with Crippen molar-refractivity contribution in [2.75, 3.05) is 5.32 Å². The van der Waals surface area contributed by atoms with Gasteiger partial charge in [0.15, 0.2) is 5.65 Å². The van der Waals surface area contributed by atoms with E-state index in [1.807, 2.05) is 24.3 Å². The van der Waals surface area contributed by atoms with Crippen molar-refractivity contribution in [3.05, 3.63) is 90.1 Å². The number of amides is 1. The van der Waals surface area contributed by atoms with Crippen LogP contribution in [0.15, 0.2) is 73.2 Å². The zero-order valence-electron chi connectivity index (χ0n) is 18.1. The average molecular weight is 465 g/mol. The molecule has 0 bridgehead atoms. The zero-order chi connectivity index (χ0) is 23.8. The molecule has 4 aromatic heterocycles. The second kappa shape index (κ2) is 8.37. The summed E-state index contributed by atoms with van der Waals surface area (Å²) in [4.78, 5) is 25.2. The predicted molar refractivity (Wildman–Crippen MR) is 126 cm³/mol. The van der Waals surface area contributed by atoms with E-state index >= 15 is 0 Å². The minimum atomic E-state index is -0.683. The number of nitrogens with one attached hydrogen (secondary N) is 2. The van der Waals surface area contributed by atoms with Gasteiger partial charge < -0.3 is 0 Å². The van der Waals surface area contributed by atoms with Crippen molar-refractivity contribution in [3.63, 3.8) is 0 Å². The highest BCUT2D eigenvalue weighted by molar-refractivity contribution is 6.03. The molecule has 0 spiro atoms. The van der Waals surface area contributed by atoms with E-state index in [9.17, 15) is 9.18 Å². The molecule has 2 N–H and O–H groups in total. The van der Waals surface area contributed by atoms with Crippen LogP contribution in [-0.4, -0.2) is 46.1 Å². The van der Waals surface area contributed by atoms with Crippen LogP contribution in [0.4, 0.5) is 10.3 Å². The normalized spacial score (nSPS) is 11.2. The highest BCUT2D eigenvalue weighted by atomic mass is 19.1. The molecule has 0 saturated heterocycles. The van der Waals surface area contributed by atoms with Gasteiger partial charge >= 0.3 is 0 Å². The van der Waals surface area contributed by atoms with Crippen molar-refractivity contribution in [3.8, 4) is 11.3 Å². The molecule has 0 unspecified atom stereocenters. The molecule has 1 amide bonds. The topological polar surface area (TPSA) is 127 Å². The summed E-state index contributed by atoms with van der Waals surface area (Å²) in [6.07, 6.45) is 3.00. The quantitative estimate of drug-likeness (QED) is 0.398. The number of hydrogen-bond donors (Lipinski definition) is 2. The number of fused-ring (bicyclic) bond motifs is 2. The summed E-state index contributed by atoms with van der Waals surface area (Å²) in [7, 11) is 0. The lowest BCUT2D eigenvalue weighted by Crippen LogP contribution is -2.14. The summed E-state index contributed by atoms with van der Waals surface area (Å²) in [5.74, 6) is -1.19. The molecule has 2 aromatic carbocycles. The number of H-pyrrole nitrogens is 1. The SMILES string of the molecule is O=C(Nc1ncn[nH]1)c1ccc(-c2ccc3nnn(Cc4ccc5ncccc5c4)c3n2)cc1F. The number of aromatic amines is 1. The molecular weight excluding hydrogens is 449 g/mol. The van der Waals surface area contributed by atoms with E-state index in [1.54, 1.807) is 29.1 Å². The molecule has 0 radical (unpaired) electrons. The molecule has 6 rings (SSSR count). The van der Waals surface area contributed by atoms with Gasteiger partial charge in [0, 0.05) is 17.1 Å². The Labute approximate surface area is 196 Å². The molecule has 0 aliphatic carbocycles. The Morgan fingerprint density at radius 3 is 2.80 bits per heavy atom. The average Bonchev–Trinajstić information content (AvgIpc) is 3.53. The second-order valence-corrected chi connectivity index (χ2v) is 7.80. The third kappa shape index (κ3) is 3.95. The Morgan fingerprint density at radius 2 is 1.94 bits per heavy atom. The molecular formula is C24H16FN9O. The Hall–Kier alpha value is -5.06. The predicted octanol–water partition coefficient (Wildman–Crippen LogP) is 3.60. The fourth-order valence-corrected chi connectivity index (χ4v) is 3.82. The van der Waals surface area contributed by atoms with Gasteiger partial charge in [-0.3, -0.25) is 15.1 Å². The van der Waals surface area contributed by atoms with Gasteiger partial charge in [0.25, 0.3) is 5.91 Å². The van der Waals surface area contributed by atoms with Crippen LogP contribution in [0.25, 0.3) is 33.3 Å². The van der Waals surface area contributed by atoms with Crippen molar-refractivity contribution in [2.45, 2.75) is 6.54 Å². The van der Waals surface area contributed by atoms with Crippen LogP contribution in [0, 0.1) is 5.82 Å². The summed E-state index contributed by atoms with van der Waals surface area (Å²) in [6.45, 7) is 0.465. The lowest BCUT2D eigenvalue weighted by molar-refractivity contribution is 0.102. The number of hydrogen-bond acceptors (Lipinski definition) is 7. The molecule has 6 aromatic rings. The van der Waals surface area contributed by atoms with Crippen LogP contribution >= 0.6 is 0 Å². The van der Waals surface area contributed by atoms with Crippen LogP contribution in [0.1, 0.15) is 15.9 Å². The van der Waals surface area contributed by atoms with Gasteiger partial charge in [-0.05, 0) is 48.0 Å². The molecule has 35 heavy (non-hydrogen) atoms. The Balaban J connectivity index is 1.29. The molecule has 0 aliphatic rings. The van der Waals surface area contributed by atoms with Gasteiger partial charge in [0.1, 0.15) is 17.7 Å². The third-order valence-electron chi connectivity index (χ3n) is 5.52. The van der Waals surface area contributed by atoms with Crippen LogP contribution in [0.2, 0.25) is 0 Å². The number of aromatic nitrogens is 8. The first-order valence-electron chi connectivity index (χ1n) is 10.6. The van der Waals surface area contributed by atoms with Crippen molar-refractivity contribution in [2.24, 2.45) is 0 Å². The number of pyridine rings is 2. The van der Waals surface area contributed by atoms with Crippen molar-refractivity contribution < 1.29 is 9.18 Å². The molecule has 0 saturated carbocycles. The van der Waals surface area contributed by atoms with E-state index in [1.165, 1.54) is 18.5 Å². The van der Waals surface area contributed by atoms with Crippen molar-refractivity contribution in [1.29, 1.82) is 0 Å². The minimum absolute atomic E-state index is 0.122. The van der Waals surface area contributed by atoms with Crippen LogP contribution in [0.3, 0.4) is 0 Å². The van der Waals surface area contributed by atoms with Crippen LogP contribution in [0.5, 0.6) is 0 Å². The maximum Gasteiger partial charge on any atom is 0.260 e. The van der Waals surface area contributed by atoms with Gasteiger partial charge in [-0.25, -0.2) is 19.2 Å². The van der Waals surface area contributed by atoms with E-state index in [0.717, 1.165) is 16.5 Å². The van der Waals surface area contributed by atoms with Crippen LogP contribution < -0.4 is 5.32 Å². The Bertz CT molecular complexity index is 1690. The number of benzene rings is 2. The van der Waals surface area contributed by atoms with E-state index in [2.05, 4.69) is 46.8 Å². The van der Waals surface area contributed by atoms with E-state index in [-0.39, 0.29) is 11.5 Å². The van der Waals surface area contributed by atoms with Gasteiger partial charge in [-0.1, -0.05) is 23.4 Å². The molecule has 0 aliphatic heterocycles. The smallest absolute Gasteiger partial charge is 0.260 e. The van der Waals surface area contributed by atoms with Gasteiger partial charge in [-0.15, -0.1) is 5.10 Å². The zero-order valence-corrected chi connectivity index (χ0v) is 18.1. The summed E-state index contributed by atoms with van der Waals surface area (Å²) in [5, 5.41) is 18.1. The largest absolute Gasteiger partial charge is 0.291 e. The third-order valence-corrected chi connectivity index (χ3v) is 5.52. The van der Waals surface area contributed by atoms with E-state index < -0.39 is 11.7 Å². The first kappa shape index (κ1) is 20.5. The summed E-state index contributed by atoms with van der Waals surface area (Å²) in [5.41, 5.74) is 4.07. The second-order valence-electron chi connectivity index (χ2n) is 7.80. The summed E-state index contributed by atoms with van der Waals surface area (Å²) >= 11 is 0. The first-order valence-corrected chi connectivity index (χ1v) is 10.6. The van der Waals surface area contributed by atoms with Crippen molar-refractivity contribution in [1.82, 2.24) is 40.1 Å². The lowest BCUT2D eigenvalue weighted by atomic mass is 10.1. The summed E-state index contributed by atoms with van der Waals surface area (Å²) in [6, 6.07) is 17.7. The molecule has 0 fully saturated rings. The standard InChI is InChI=1S/C24H16FN9O/c25-18-11-16(4-5-17(18)23(35)30-24-27-13-28-32-24)20-7-8-21-22(29-20)34(33-31-21)12-14-3-6-19-15(10-14)2-1-9-26-19/h1-11,13H,12H2,(H2,27,28,30,32,35). The first-order chi connectivity index (χ1) is 17.1. The maximum atomic E-state index is 14.8. The fourth-order valence-electron chi connectivity index (χ4n) is 3.82. The Morgan fingerprint density at radius 1 is 1.03 bits per heavy atom. The monoisotopic (exact) mass is 465 g/mol. The number of carbonyl (C=O) groups is 1. The number of anilines is 1. The molecule has 0 atom stereocenters. The van der Waals surface area contributed by atoms with E-state index in [0.29, 0.717) is 29.0 Å². The highest BCUT2D eigenvalue weighted by Gasteiger charge is 2.16. The van der Waals surface area contributed by atoms with Gasteiger partial charge in [0.2, 0.25) is 5.95 Å². The fraction of sp³-hybridized carbons (Fsp3) is 0.0417. The van der Waals surface area contributed by atoms with Gasteiger partial charge in [0.05, 0.1) is 23.3 Å². The number of nitrogens with zero attached hydrogens (tertiary/aromatic N) is 7. The van der Waals surface area contributed by atoms with Gasteiger partial charge in [-0.2, -0.15) is 10.1 Å². The lowest BCUT2D eigenvalue weighted by Gasteiger charge is -2.07. The Kier molecular flexibility index (Phi) is 4.91.